The first-order valence-corrected chi connectivity index (χ1v) is 8.17. The van der Waals surface area contributed by atoms with E-state index in [1.165, 1.54) is 0 Å². The van der Waals surface area contributed by atoms with Gasteiger partial charge in [-0.05, 0) is 56.2 Å². The summed E-state index contributed by atoms with van der Waals surface area (Å²) in [7, 11) is 1.76. The van der Waals surface area contributed by atoms with E-state index in [0.29, 0.717) is 36.6 Å². The zero-order valence-corrected chi connectivity index (χ0v) is 13.3. The summed E-state index contributed by atoms with van der Waals surface area (Å²) in [5, 5.41) is 0. The average molecular weight is 305 g/mol. The van der Waals surface area contributed by atoms with Gasteiger partial charge in [-0.15, -0.1) is 0 Å². The van der Waals surface area contributed by atoms with Gasteiger partial charge in [0.25, 0.3) is 0 Å². The molecule has 3 nitrogen and oxygen atoms in total. The third-order valence-corrected chi connectivity index (χ3v) is 5.17. The molecule has 2 aliphatic rings. The van der Waals surface area contributed by atoms with Crippen molar-refractivity contribution < 1.29 is 13.9 Å². The number of methoxy groups -OCH3 is 1. The van der Waals surface area contributed by atoms with Gasteiger partial charge < -0.3 is 9.64 Å². The van der Waals surface area contributed by atoms with Crippen LogP contribution in [-0.4, -0.2) is 36.1 Å². The molecule has 22 heavy (non-hydrogen) atoms. The number of benzene rings is 1. The molecule has 120 valence electrons. The number of nitrogens with zero attached hydrogens (tertiary/aromatic N) is 1. The highest BCUT2D eigenvalue weighted by Crippen LogP contribution is 2.37. The zero-order valence-electron chi connectivity index (χ0n) is 13.3. The molecular formula is C18H24FNO2. The van der Waals surface area contributed by atoms with Crippen LogP contribution in [0, 0.1) is 12.7 Å². The number of carbonyl (C=O) groups excluding carboxylic acids is 1. The molecule has 0 N–H and O–H groups in total. The zero-order chi connectivity index (χ0) is 15.7. The standard InChI is InChI=1S/C18H24FNO2/c1-12-3-4-13(9-17(12)19)5-8-18(21)20-14-6-7-15(20)11-16(10-14)22-2/h3-4,9,14-16H,5-8,10-11H2,1-2H3. The van der Waals surface area contributed by atoms with E-state index in [9.17, 15) is 9.18 Å². The summed E-state index contributed by atoms with van der Waals surface area (Å²) >= 11 is 0. The average Bonchev–Trinajstić information content (AvgIpc) is 2.78. The Labute approximate surface area is 131 Å². The van der Waals surface area contributed by atoms with Crippen molar-refractivity contribution >= 4 is 5.91 Å². The first-order valence-electron chi connectivity index (χ1n) is 8.17. The fourth-order valence-corrected chi connectivity index (χ4v) is 3.90. The molecule has 1 aromatic rings. The summed E-state index contributed by atoms with van der Waals surface area (Å²) in [5.41, 5.74) is 1.55. The van der Waals surface area contributed by atoms with Crippen molar-refractivity contribution in [1.29, 1.82) is 0 Å². The van der Waals surface area contributed by atoms with Crippen molar-refractivity contribution in [3.8, 4) is 0 Å². The monoisotopic (exact) mass is 305 g/mol. The van der Waals surface area contributed by atoms with E-state index in [0.717, 1.165) is 31.2 Å². The molecule has 0 saturated carbocycles. The van der Waals surface area contributed by atoms with Crippen LogP contribution in [0.4, 0.5) is 4.39 Å². The second-order valence-corrected chi connectivity index (χ2v) is 6.60. The lowest BCUT2D eigenvalue weighted by Crippen LogP contribution is -2.48. The molecule has 3 rings (SSSR count). The quantitative estimate of drug-likeness (QED) is 0.854. The lowest BCUT2D eigenvalue weighted by molar-refractivity contribution is -0.137. The van der Waals surface area contributed by atoms with Crippen molar-refractivity contribution in [3.05, 3.63) is 35.1 Å². The number of fused-ring (bicyclic) bond motifs is 2. The van der Waals surface area contributed by atoms with Crippen LogP contribution >= 0.6 is 0 Å². The van der Waals surface area contributed by atoms with E-state index in [1.54, 1.807) is 26.2 Å². The highest BCUT2D eigenvalue weighted by atomic mass is 19.1. The lowest BCUT2D eigenvalue weighted by Gasteiger charge is -2.38. The summed E-state index contributed by atoms with van der Waals surface area (Å²) in [6.45, 7) is 1.75. The topological polar surface area (TPSA) is 29.5 Å². The van der Waals surface area contributed by atoms with Gasteiger partial charge >= 0.3 is 0 Å². The van der Waals surface area contributed by atoms with Crippen LogP contribution in [0.25, 0.3) is 0 Å². The number of hydrogen-bond donors (Lipinski definition) is 0. The number of carbonyl (C=O) groups is 1. The molecular weight excluding hydrogens is 281 g/mol. The second kappa shape index (κ2) is 6.37. The minimum absolute atomic E-state index is 0.189. The minimum atomic E-state index is -0.189. The van der Waals surface area contributed by atoms with Crippen LogP contribution in [-0.2, 0) is 16.0 Å². The summed E-state index contributed by atoms with van der Waals surface area (Å²) in [6, 6.07) is 5.92. The van der Waals surface area contributed by atoms with Gasteiger partial charge in [0.05, 0.1) is 6.10 Å². The van der Waals surface area contributed by atoms with Crippen LogP contribution in [0.5, 0.6) is 0 Å². The largest absolute Gasteiger partial charge is 0.381 e. The van der Waals surface area contributed by atoms with Crippen molar-refractivity contribution in [3.63, 3.8) is 0 Å². The van der Waals surface area contributed by atoms with E-state index in [1.807, 2.05) is 6.07 Å². The number of hydrogen-bond acceptors (Lipinski definition) is 2. The van der Waals surface area contributed by atoms with Crippen LogP contribution < -0.4 is 0 Å². The van der Waals surface area contributed by atoms with Gasteiger partial charge in [0.1, 0.15) is 5.82 Å². The Morgan fingerprint density at radius 1 is 1.32 bits per heavy atom. The maximum atomic E-state index is 13.6. The molecule has 2 fully saturated rings. The molecule has 0 aromatic heterocycles. The molecule has 0 radical (unpaired) electrons. The van der Waals surface area contributed by atoms with E-state index in [4.69, 9.17) is 4.74 Å². The molecule has 2 aliphatic heterocycles. The Kier molecular flexibility index (Phi) is 4.48. The Hall–Kier alpha value is -1.42. The molecule has 2 heterocycles. The summed E-state index contributed by atoms with van der Waals surface area (Å²) in [5.74, 6) is 0.0222. The first-order chi connectivity index (χ1) is 10.6. The van der Waals surface area contributed by atoms with Gasteiger partial charge in [0.2, 0.25) is 5.91 Å². The van der Waals surface area contributed by atoms with Crippen molar-refractivity contribution in [1.82, 2.24) is 4.90 Å². The van der Waals surface area contributed by atoms with E-state index in [-0.39, 0.29) is 11.7 Å². The summed E-state index contributed by atoms with van der Waals surface area (Å²) < 4.78 is 19.0. The highest BCUT2D eigenvalue weighted by molar-refractivity contribution is 5.77. The van der Waals surface area contributed by atoms with E-state index < -0.39 is 0 Å². The number of rotatable bonds is 4. The molecule has 1 amide bonds. The molecule has 2 bridgehead atoms. The Morgan fingerprint density at radius 3 is 2.59 bits per heavy atom. The van der Waals surface area contributed by atoms with Gasteiger partial charge in [-0.25, -0.2) is 4.39 Å². The predicted octanol–water partition coefficient (Wildman–Crippen LogP) is 3.24. The molecule has 2 unspecified atom stereocenters. The fourth-order valence-electron chi connectivity index (χ4n) is 3.90. The number of aryl methyl sites for hydroxylation is 2. The molecule has 4 heteroatoms. The van der Waals surface area contributed by atoms with Crippen molar-refractivity contribution in [2.75, 3.05) is 7.11 Å². The molecule has 2 atom stereocenters. The fraction of sp³-hybridized carbons (Fsp3) is 0.611. The molecule has 0 spiro atoms. The number of amides is 1. The van der Waals surface area contributed by atoms with Crippen LogP contribution in [0.1, 0.15) is 43.2 Å². The van der Waals surface area contributed by atoms with Gasteiger partial charge in [-0.1, -0.05) is 12.1 Å². The Balaban J connectivity index is 1.59. The lowest BCUT2D eigenvalue weighted by atomic mass is 9.98. The normalized spacial score (nSPS) is 27.2. The van der Waals surface area contributed by atoms with Crippen LogP contribution in [0.15, 0.2) is 18.2 Å². The predicted molar refractivity (Wildman–Crippen MR) is 83.1 cm³/mol. The number of piperidine rings is 1. The van der Waals surface area contributed by atoms with Crippen LogP contribution in [0.3, 0.4) is 0 Å². The van der Waals surface area contributed by atoms with Crippen molar-refractivity contribution in [2.45, 2.75) is 63.6 Å². The van der Waals surface area contributed by atoms with Gasteiger partial charge in [-0.3, -0.25) is 4.79 Å². The van der Waals surface area contributed by atoms with Crippen LogP contribution in [0.2, 0.25) is 0 Å². The maximum absolute atomic E-state index is 13.6. The Morgan fingerprint density at radius 2 is 2.00 bits per heavy atom. The smallest absolute Gasteiger partial charge is 0.223 e. The van der Waals surface area contributed by atoms with Crippen molar-refractivity contribution in [2.24, 2.45) is 0 Å². The number of halogens is 1. The Bertz CT molecular complexity index is 546. The van der Waals surface area contributed by atoms with Gasteiger partial charge in [0.15, 0.2) is 0 Å². The third kappa shape index (κ3) is 3.02. The summed E-state index contributed by atoms with van der Waals surface area (Å²) in [4.78, 5) is 14.7. The second-order valence-electron chi connectivity index (χ2n) is 6.60. The molecule has 1 aromatic carbocycles. The van der Waals surface area contributed by atoms with E-state index in [2.05, 4.69) is 4.90 Å². The first kappa shape index (κ1) is 15.5. The summed E-state index contributed by atoms with van der Waals surface area (Å²) in [6.07, 6.45) is 5.47. The number of ether oxygens (including phenoxy) is 1. The van der Waals surface area contributed by atoms with Gasteiger partial charge in [-0.2, -0.15) is 0 Å². The maximum Gasteiger partial charge on any atom is 0.223 e. The SMILES string of the molecule is COC1CC2CCC(C1)N2C(=O)CCc1ccc(C)c(F)c1. The third-order valence-electron chi connectivity index (χ3n) is 5.17. The van der Waals surface area contributed by atoms with E-state index >= 15 is 0 Å². The highest BCUT2D eigenvalue weighted by Gasteiger charge is 2.42. The molecule has 0 aliphatic carbocycles. The minimum Gasteiger partial charge on any atom is -0.381 e. The molecule has 2 saturated heterocycles. The van der Waals surface area contributed by atoms with Gasteiger partial charge in [0, 0.05) is 25.6 Å².